The zero-order chi connectivity index (χ0) is 8.43. The molecule has 0 aliphatic rings. The van der Waals surface area contributed by atoms with Crippen LogP contribution in [0.2, 0.25) is 0 Å². The summed E-state index contributed by atoms with van der Waals surface area (Å²) in [4.78, 5) is 4.12. The van der Waals surface area contributed by atoms with E-state index in [1.807, 2.05) is 13.0 Å². The van der Waals surface area contributed by atoms with Crippen molar-refractivity contribution in [2.45, 2.75) is 13.8 Å². The zero-order valence-electron chi connectivity index (χ0n) is 6.68. The quantitative estimate of drug-likeness (QED) is 0.592. The highest BCUT2D eigenvalue weighted by molar-refractivity contribution is 5.98. The number of nitrogen functional groups attached to an aromatic ring is 1. The third kappa shape index (κ3) is 1.55. The van der Waals surface area contributed by atoms with Crippen molar-refractivity contribution < 1.29 is 0 Å². The van der Waals surface area contributed by atoms with Crippen LogP contribution in [0, 0.1) is 12.3 Å². The molecule has 1 aromatic rings. The van der Waals surface area contributed by atoms with Crippen LogP contribution in [0.4, 0.5) is 5.69 Å². The van der Waals surface area contributed by atoms with Gasteiger partial charge in [0, 0.05) is 5.69 Å². The highest BCUT2D eigenvalue weighted by Crippen LogP contribution is 2.09. The zero-order valence-corrected chi connectivity index (χ0v) is 6.68. The van der Waals surface area contributed by atoms with Gasteiger partial charge in [0.15, 0.2) is 0 Å². The average Bonchev–Trinajstić information content (AvgIpc) is 1.94. The monoisotopic (exact) mass is 149 g/mol. The molecule has 3 nitrogen and oxygen atoms in total. The second kappa shape index (κ2) is 2.70. The van der Waals surface area contributed by atoms with Crippen LogP contribution in [-0.4, -0.2) is 10.7 Å². The van der Waals surface area contributed by atoms with Crippen LogP contribution in [-0.2, 0) is 0 Å². The van der Waals surface area contributed by atoms with Crippen LogP contribution >= 0.6 is 0 Å². The lowest BCUT2D eigenvalue weighted by atomic mass is 10.2. The molecule has 0 atom stereocenters. The van der Waals surface area contributed by atoms with E-state index < -0.39 is 0 Å². The van der Waals surface area contributed by atoms with Gasteiger partial charge in [0.1, 0.15) is 5.69 Å². The molecule has 0 fully saturated rings. The van der Waals surface area contributed by atoms with Crippen LogP contribution < -0.4 is 5.73 Å². The molecular formula is C8H11N3. The average molecular weight is 149 g/mol. The number of hydrogen-bond acceptors (Lipinski definition) is 3. The standard InChI is InChI=1S/C8H11N3/c1-5-3-4-7(10)8(11-5)6(2)9/h3-4,9H,10H2,1-2H3. The van der Waals surface area contributed by atoms with Crippen molar-refractivity contribution >= 4 is 11.4 Å². The van der Waals surface area contributed by atoms with Crippen molar-refractivity contribution in [3.63, 3.8) is 0 Å². The fraction of sp³-hybridized carbons (Fsp3) is 0.250. The number of nitrogens with zero attached hydrogens (tertiary/aromatic N) is 1. The third-order valence-electron chi connectivity index (χ3n) is 1.42. The lowest BCUT2D eigenvalue weighted by Gasteiger charge is -2.02. The number of nitrogens with one attached hydrogen (secondary N) is 1. The Balaban J connectivity index is 3.23. The molecular weight excluding hydrogens is 138 g/mol. The molecule has 1 heterocycles. The Bertz CT molecular complexity index is 291. The second-order valence-electron chi connectivity index (χ2n) is 2.52. The van der Waals surface area contributed by atoms with Crippen LogP contribution in [0.1, 0.15) is 18.3 Å². The minimum atomic E-state index is 0.409. The van der Waals surface area contributed by atoms with Crippen molar-refractivity contribution in [1.29, 1.82) is 5.41 Å². The molecule has 58 valence electrons. The smallest absolute Gasteiger partial charge is 0.107 e. The van der Waals surface area contributed by atoms with Crippen LogP contribution in [0.3, 0.4) is 0 Å². The van der Waals surface area contributed by atoms with E-state index in [1.54, 1.807) is 13.0 Å². The van der Waals surface area contributed by atoms with Crippen molar-refractivity contribution in [1.82, 2.24) is 4.98 Å². The number of pyridine rings is 1. The summed E-state index contributed by atoms with van der Waals surface area (Å²) in [5.74, 6) is 0. The molecule has 0 amide bonds. The molecule has 0 aromatic carbocycles. The molecule has 3 N–H and O–H groups in total. The van der Waals surface area contributed by atoms with Crippen molar-refractivity contribution in [3.05, 3.63) is 23.5 Å². The Morgan fingerprint density at radius 1 is 1.55 bits per heavy atom. The predicted molar refractivity (Wildman–Crippen MR) is 45.9 cm³/mol. The molecule has 0 bridgehead atoms. The molecule has 0 spiro atoms. The van der Waals surface area contributed by atoms with E-state index in [-0.39, 0.29) is 0 Å². The van der Waals surface area contributed by atoms with Gasteiger partial charge in [0.25, 0.3) is 0 Å². The minimum absolute atomic E-state index is 0.409. The molecule has 11 heavy (non-hydrogen) atoms. The summed E-state index contributed by atoms with van der Waals surface area (Å²) in [6, 6.07) is 3.61. The summed E-state index contributed by atoms with van der Waals surface area (Å²) in [7, 11) is 0. The van der Waals surface area contributed by atoms with E-state index in [1.165, 1.54) is 0 Å². The molecule has 0 aliphatic carbocycles. The van der Waals surface area contributed by atoms with Gasteiger partial charge in [-0.15, -0.1) is 0 Å². The Hall–Kier alpha value is -1.38. The topological polar surface area (TPSA) is 62.8 Å². The maximum atomic E-state index is 7.33. The Morgan fingerprint density at radius 3 is 2.64 bits per heavy atom. The predicted octanol–water partition coefficient (Wildman–Crippen LogP) is 1.36. The lowest BCUT2D eigenvalue weighted by molar-refractivity contribution is 1.17. The number of rotatable bonds is 1. The number of hydrogen-bond donors (Lipinski definition) is 2. The van der Waals surface area contributed by atoms with Gasteiger partial charge in [-0.05, 0) is 26.0 Å². The van der Waals surface area contributed by atoms with Gasteiger partial charge in [-0.1, -0.05) is 0 Å². The van der Waals surface area contributed by atoms with Gasteiger partial charge in [-0.2, -0.15) is 0 Å². The summed E-state index contributed by atoms with van der Waals surface area (Å²) in [5.41, 5.74) is 8.05. The number of nitrogens with two attached hydrogens (primary N) is 1. The summed E-state index contributed by atoms with van der Waals surface area (Å²) in [6.07, 6.45) is 0. The van der Waals surface area contributed by atoms with Gasteiger partial charge in [-0.25, -0.2) is 4.98 Å². The molecule has 1 aromatic heterocycles. The minimum Gasteiger partial charge on any atom is -0.397 e. The van der Waals surface area contributed by atoms with E-state index in [0.717, 1.165) is 5.69 Å². The highest BCUT2D eigenvalue weighted by Gasteiger charge is 2.01. The summed E-state index contributed by atoms with van der Waals surface area (Å²) >= 11 is 0. The molecule has 0 saturated heterocycles. The molecule has 0 unspecified atom stereocenters. The fourth-order valence-electron chi connectivity index (χ4n) is 0.868. The first kappa shape index (κ1) is 7.72. The highest BCUT2D eigenvalue weighted by atomic mass is 14.8. The normalized spacial score (nSPS) is 9.64. The Morgan fingerprint density at radius 2 is 2.18 bits per heavy atom. The molecule has 0 aliphatic heterocycles. The van der Waals surface area contributed by atoms with Crippen LogP contribution in [0.5, 0.6) is 0 Å². The van der Waals surface area contributed by atoms with Gasteiger partial charge < -0.3 is 11.1 Å². The van der Waals surface area contributed by atoms with Gasteiger partial charge in [0.05, 0.1) is 11.4 Å². The summed E-state index contributed by atoms with van der Waals surface area (Å²) in [5, 5.41) is 7.33. The summed E-state index contributed by atoms with van der Waals surface area (Å²) in [6.45, 7) is 3.56. The molecule has 0 radical (unpaired) electrons. The van der Waals surface area contributed by atoms with E-state index in [4.69, 9.17) is 11.1 Å². The maximum absolute atomic E-state index is 7.33. The summed E-state index contributed by atoms with van der Waals surface area (Å²) < 4.78 is 0. The van der Waals surface area contributed by atoms with Crippen LogP contribution in [0.25, 0.3) is 0 Å². The van der Waals surface area contributed by atoms with Gasteiger partial charge in [0.2, 0.25) is 0 Å². The van der Waals surface area contributed by atoms with E-state index >= 15 is 0 Å². The Labute approximate surface area is 65.8 Å². The van der Waals surface area contributed by atoms with Crippen molar-refractivity contribution in [2.75, 3.05) is 5.73 Å². The number of aromatic nitrogens is 1. The van der Waals surface area contributed by atoms with Gasteiger partial charge >= 0.3 is 0 Å². The Kier molecular flexibility index (Phi) is 1.89. The van der Waals surface area contributed by atoms with Crippen molar-refractivity contribution in [2.24, 2.45) is 0 Å². The molecule has 0 saturated carbocycles. The first-order chi connectivity index (χ1) is 5.11. The molecule has 1 rings (SSSR count). The first-order valence-electron chi connectivity index (χ1n) is 3.40. The number of anilines is 1. The molecule has 3 heteroatoms. The number of aryl methyl sites for hydroxylation is 1. The van der Waals surface area contributed by atoms with Crippen LogP contribution in [0.15, 0.2) is 12.1 Å². The first-order valence-corrected chi connectivity index (χ1v) is 3.40. The fourth-order valence-corrected chi connectivity index (χ4v) is 0.868. The lowest BCUT2D eigenvalue weighted by Crippen LogP contribution is -2.03. The van der Waals surface area contributed by atoms with E-state index in [9.17, 15) is 0 Å². The largest absolute Gasteiger partial charge is 0.397 e. The van der Waals surface area contributed by atoms with Crippen molar-refractivity contribution in [3.8, 4) is 0 Å². The second-order valence-corrected chi connectivity index (χ2v) is 2.52. The SMILES string of the molecule is CC(=N)c1nc(C)ccc1N. The van der Waals surface area contributed by atoms with E-state index in [2.05, 4.69) is 4.98 Å². The van der Waals surface area contributed by atoms with Gasteiger partial charge in [-0.3, -0.25) is 0 Å². The van der Waals surface area contributed by atoms with E-state index in [0.29, 0.717) is 17.1 Å². The maximum Gasteiger partial charge on any atom is 0.107 e. The third-order valence-corrected chi connectivity index (χ3v) is 1.42.